The van der Waals surface area contributed by atoms with Crippen molar-refractivity contribution in [2.45, 2.75) is 25.8 Å². The smallest absolute Gasteiger partial charge is 0.225 e. The first kappa shape index (κ1) is 16.5. The molecule has 4 nitrogen and oxygen atoms in total. The molecule has 1 unspecified atom stereocenters. The van der Waals surface area contributed by atoms with Gasteiger partial charge >= 0.3 is 0 Å². The van der Waals surface area contributed by atoms with Crippen LogP contribution in [-0.4, -0.2) is 55.5 Å². The second-order valence-corrected chi connectivity index (χ2v) is 7.12. The minimum absolute atomic E-state index is 0.239. The first-order chi connectivity index (χ1) is 11.2. The van der Waals surface area contributed by atoms with Crippen LogP contribution in [0.4, 0.5) is 0 Å². The predicted octanol–water partition coefficient (Wildman–Crippen LogP) is 1.97. The van der Waals surface area contributed by atoms with Gasteiger partial charge in [0.15, 0.2) is 0 Å². The van der Waals surface area contributed by atoms with Crippen molar-refractivity contribution < 1.29 is 4.79 Å². The van der Waals surface area contributed by atoms with Crippen molar-refractivity contribution in [3.8, 4) is 0 Å². The van der Waals surface area contributed by atoms with E-state index in [9.17, 15) is 4.79 Å². The van der Waals surface area contributed by atoms with Crippen LogP contribution < -0.4 is 5.32 Å². The molecule has 126 valence electrons. The number of hydrogen-bond acceptors (Lipinski definition) is 3. The fourth-order valence-electron chi connectivity index (χ4n) is 3.90. The highest BCUT2D eigenvalue weighted by atomic mass is 16.2. The fraction of sp³-hybridized carbons (Fsp3) is 0.632. The molecule has 4 heteroatoms. The van der Waals surface area contributed by atoms with E-state index in [1.807, 2.05) is 11.9 Å². The molecular weight excluding hydrogens is 286 g/mol. The molecule has 1 amide bonds. The Bertz CT molecular complexity index is 499. The monoisotopic (exact) mass is 315 g/mol. The van der Waals surface area contributed by atoms with Crippen molar-refractivity contribution in [2.24, 2.45) is 11.8 Å². The standard InChI is InChI=1S/C19H29N3O/c1-21(19(23)18-7-10-20-11-8-18)13-17-9-12-22(15-17)14-16-5-3-2-4-6-16/h2-6,17-18,20H,7-15H2,1H3. The van der Waals surface area contributed by atoms with Gasteiger partial charge in [-0.15, -0.1) is 0 Å². The van der Waals surface area contributed by atoms with Gasteiger partial charge in [-0.05, 0) is 50.4 Å². The van der Waals surface area contributed by atoms with Crippen molar-refractivity contribution in [3.05, 3.63) is 35.9 Å². The highest BCUT2D eigenvalue weighted by Gasteiger charge is 2.28. The quantitative estimate of drug-likeness (QED) is 0.902. The lowest BCUT2D eigenvalue weighted by atomic mass is 9.96. The number of nitrogens with zero attached hydrogens (tertiary/aromatic N) is 2. The van der Waals surface area contributed by atoms with E-state index in [-0.39, 0.29) is 5.92 Å². The van der Waals surface area contributed by atoms with Gasteiger partial charge in [0.1, 0.15) is 0 Å². The number of nitrogens with one attached hydrogen (secondary N) is 1. The second-order valence-electron chi connectivity index (χ2n) is 7.12. The number of carbonyl (C=O) groups is 1. The molecule has 1 aromatic rings. The zero-order valence-corrected chi connectivity index (χ0v) is 14.2. The van der Waals surface area contributed by atoms with Crippen LogP contribution in [0.2, 0.25) is 0 Å². The molecule has 0 saturated carbocycles. The van der Waals surface area contributed by atoms with Gasteiger partial charge in [0.25, 0.3) is 0 Å². The van der Waals surface area contributed by atoms with Crippen molar-refractivity contribution in [2.75, 3.05) is 39.8 Å². The summed E-state index contributed by atoms with van der Waals surface area (Å²) in [6, 6.07) is 10.7. The van der Waals surface area contributed by atoms with Gasteiger partial charge < -0.3 is 10.2 Å². The largest absolute Gasteiger partial charge is 0.345 e. The van der Waals surface area contributed by atoms with Crippen LogP contribution in [0.3, 0.4) is 0 Å². The minimum atomic E-state index is 0.239. The van der Waals surface area contributed by atoms with E-state index in [0.29, 0.717) is 11.8 Å². The molecule has 1 atom stereocenters. The molecule has 0 bridgehead atoms. The average Bonchev–Trinajstić information content (AvgIpc) is 3.02. The van der Waals surface area contributed by atoms with Gasteiger partial charge in [0.2, 0.25) is 5.91 Å². The molecule has 0 radical (unpaired) electrons. The highest BCUT2D eigenvalue weighted by molar-refractivity contribution is 5.78. The van der Waals surface area contributed by atoms with E-state index in [4.69, 9.17) is 0 Å². The first-order valence-corrected chi connectivity index (χ1v) is 8.94. The lowest BCUT2D eigenvalue weighted by Gasteiger charge is -2.28. The van der Waals surface area contributed by atoms with Crippen LogP contribution in [0, 0.1) is 11.8 Å². The molecular formula is C19H29N3O. The Balaban J connectivity index is 1.44. The number of hydrogen-bond donors (Lipinski definition) is 1. The SMILES string of the molecule is CN(CC1CCN(Cc2ccccc2)C1)C(=O)C1CCNCC1. The number of benzene rings is 1. The van der Waals surface area contributed by atoms with Gasteiger partial charge in [-0.3, -0.25) is 9.69 Å². The maximum absolute atomic E-state index is 12.5. The van der Waals surface area contributed by atoms with E-state index in [2.05, 4.69) is 40.5 Å². The molecule has 2 aliphatic rings. The third kappa shape index (κ3) is 4.55. The molecule has 2 saturated heterocycles. The van der Waals surface area contributed by atoms with Gasteiger partial charge in [-0.2, -0.15) is 0 Å². The van der Waals surface area contributed by atoms with Gasteiger partial charge in [-0.25, -0.2) is 0 Å². The maximum Gasteiger partial charge on any atom is 0.225 e. The zero-order chi connectivity index (χ0) is 16.1. The third-order valence-electron chi connectivity index (χ3n) is 5.22. The molecule has 3 rings (SSSR count). The Morgan fingerprint density at radius 2 is 1.96 bits per heavy atom. The number of piperidine rings is 1. The summed E-state index contributed by atoms with van der Waals surface area (Å²) in [7, 11) is 1.99. The van der Waals surface area contributed by atoms with Crippen molar-refractivity contribution in [3.63, 3.8) is 0 Å². The normalized spacial score (nSPS) is 23.1. The molecule has 2 heterocycles. The van der Waals surface area contributed by atoms with Crippen LogP contribution in [0.1, 0.15) is 24.8 Å². The summed E-state index contributed by atoms with van der Waals surface area (Å²) in [4.78, 5) is 17.1. The van der Waals surface area contributed by atoms with Crippen LogP contribution in [0.5, 0.6) is 0 Å². The highest BCUT2D eigenvalue weighted by Crippen LogP contribution is 2.21. The van der Waals surface area contributed by atoms with Gasteiger partial charge in [0.05, 0.1) is 0 Å². The van der Waals surface area contributed by atoms with Crippen molar-refractivity contribution in [1.82, 2.24) is 15.1 Å². The lowest BCUT2D eigenvalue weighted by molar-refractivity contribution is -0.135. The van der Waals surface area contributed by atoms with Crippen LogP contribution in [-0.2, 0) is 11.3 Å². The fourth-order valence-corrected chi connectivity index (χ4v) is 3.90. The summed E-state index contributed by atoms with van der Waals surface area (Å²) in [5, 5.41) is 3.33. The van der Waals surface area contributed by atoms with Crippen LogP contribution >= 0.6 is 0 Å². The summed E-state index contributed by atoms with van der Waals surface area (Å²) in [5.41, 5.74) is 1.38. The first-order valence-electron chi connectivity index (χ1n) is 8.94. The molecule has 0 spiro atoms. The van der Waals surface area contributed by atoms with Gasteiger partial charge in [-0.1, -0.05) is 30.3 Å². The number of rotatable bonds is 5. The molecule has 0 aliphatic carbocycles. The maximum atomic E-state index is 12.5. The minimum Gasteiger partial charge on any atom is -0.345 e. The molecule has 1 aromatic carbocycles. The topological polar surface area (TPSA) is 35.6 Å². The Labute approximate surface area is 139 Å². The van der Waals surface area contributed by atoms with Crippen LogP contribution in [0.15, 0.2) is 30.3 Å². The number of carbonyl (C=O) groups excluding carboxylic acids is 1. The third-order valence-corrected chi connectivity index (χ3v) is 5.22. The van der Waals surface area contributed by atoms with E-state index in [0.717, 1.165) is 52.1 Å². The summed E-state index contributed by atoms with van der Waals surface area (Å²) in [6.45, 7) is 6.17. The van der Waals surface area contributed by atoms with E-state index in [1.54, 1.807) is 0 Å². The molecule has 23 heavy (non-hydrogen) atoms. The molecule has 2 aliphatic heterocycles. The predicted molar refractivity (Wildman–Crippen MR) is 93.1 cm³/mol. The van der Waals surface area contributed by atoms with E-state index < -0.39 is 0 Å². The Kier molecular flexibility index (Phi) is 5.68. The molecule has 1 N–H and O–H groups in total. The van der Waals surface area contributed by atoms with Crippen LogP contribution in [0.25, 0.3) is 0 Å². The Morgan fingerprint density at radius 1 is 1.22 bits per heavy atom. The summed E-state index contributed by atoms with van der Waals surface area (Å²) in [6.07, 6.45) is 3.19. The molecule has 0 aromatic heterocycles. The van der Waals surface area contributed by atoms with E-state index in [1.165, 1.54) is 12.0 Å². The molecule has 2 fully saturated rings. The summed E-state index contributed by atoms with van der Waals surface area (Å²) < 4.78 is 0. The Hall–Kier alpha value is -1.39. The lowest BCUT2D eigenvalue weighted by Crippen LogP contribution is -2.41. The number of likely N-dealkylation sites (tertiary alicyclic amines) is 1. The van der Waals surface area contributed by atoms with Crippen molar-refractivity contribution >= 4 is 5.91 Å². The zero-order valence-electron chi connectivity index (χ0n) is 14.2. The average molecular weight is 315 g/mol. The number of amides is 1. The van der Waals surface area contributed by atoms with Crippen molar-refractivity contribution in [1.29, 1.82) is 0 Å². The second kappa shape index (κ2) is 7.93. The Morgan fingerprint density at radius 3 is 2.70 bits per heavy atom. The van der Waals surface area contributed by atoms with E-state index >= 15 is 0 Å². The van der Waals surface area contributed by atoms with Gasteiger partial charge in [0, 0.05) is 32.6 Å². The summed E-state index contributed by atoms with van der Waals surface area (Å²) in [5.74, 6) is 1.21. The summed E-state index contributed by atoms with van der Waals surface area (Å²) >= 11 is 0.